The van der Waals surface area contributed by atoms with Crippen LogP contribution >= 0.6 is 0 Å². The fourth-order valence-corrected chi connectivity index (χ4v) is 0.878. The van der Waals surface area contributed by atoms with Gasteiger partial charge in [-0.15, -0.1) is 0 Å². The summed E-state index contributed by atoms with van der Waals surface area (Å²) in [6, 6.07) is 4.46. The van der Waals surface area contributed by atoms with E-state index in [1.807, 2.05) is 0 Å². The van der Waals surface area contributed by atoms with Crippen molar-refractivity contribution in [2.24, 2.45) is 0 Å². The molecule has 3 nitrogen and oxygen atoms in total. The Labute approximate surface area is 76.3 Å². The van der Waals surface area contributed by atoms with Crippen molar-refractivity contribution >= 4 is 5.69 Å². The van der Waals surface area contributed by atoms with Gasteiger partial charge in [0.25, 0.3) is 0 Å². The topological polar surface area (TPSA) is 44.5 Å². The van der Waals surface area contributed by atoms with E-state index >= 15 is 0 Å². The molecule has 0 aliphatic rings. The van der Waals surface area contributed by atoms with Crippen LogP contribution in [0, 0.1) is 5.82 Å². The number of nitrogen functional groups attached to an aromatic ring is 1. The summed E-state index contributed by atoms with van der Waals surface area (Å²) in [6.07, 6.45) is 0. The van der Waals surface area contributed by atoms with E-state index in [1.165, 1.54) is 6.07 Å². The van der Waals surface area contributed by atoms with Gasteiger partial charge in [-0.1, -0.05) is 6.07 Å². The van der Waals surface area contributed by atoms with Crippen LogP contribution in [0.4, 0.5) is 10.1 Å². The average Bonchev–Trinajstić information content (AvgIpc) is 2.13. The molecular formula is C9H12FNO2. The molecule has 0 unspecified atom stereocenters. The first-order valence-electron chi connectivity index (χ1n) is 3.91. The summed E-state index contributed by atoms with van der Waals surface area (Å²) in [5.41, 5.74) is 5.46. The van der Waals surface area contributed by atoms with Gasteiger partial charge >= 0.3 is 0 Å². The third kappa shape index (κ3) is 2.59. The van der Waals surface area contributed by atoms with Crippen LogP contribution in [0.2, 0.25) is 0 Å². The van der Waals surface area contributed by atoms with Crippen LogP contribution in [0.3, 0.4) is 0 Å². The van der Waals surface area contributed by atoms with E-state index < -0.39 is 5.82 Å². The summed E-state index contributed by atoms with van der Waals surface area (Å²) in [5, 5.41) is 0. The molecule has 4 heteroatoms. The Morgan fingerprint density at radius 2 is 2.15 bits per heavy atom. The molecule has 1 aromatic rings. The number of rotatable bonds is 4. The van der Waals surface area contributed by atoms with E-state index in [0.29, 0.717) is 19.0 Å². The molecule has 1 rings (SSSR count). The second-order valence-electron chi connectivity index (χ2n) is 2.49. The van der Waals surface area contributed by atoms with E-state index in [2.05, 4.69) is 0 Å². The van der Waals surface area contributed by atoms with Crippen molar-refractivity contribution in [2.45, 2.75) is 0 Å². The van der Waals surface area contributed by atoms with Gasteiger partial charge in [0, 0.05) is 7.11 Å². The van der Waals surface area contributed by atoms with Gasteiger partial charge in [0.15, 0.2) is 0 Å². The second-order valence-corrected chi connectivity index (χ2v) is 2.49. The molecule has 0 heterocycles. The summed E-state index contributed by atoms with van der Waals surface area (Å²) in [5.74, 6) is -0.105. The molecule has 0 aliphatic carbocycles. The molecule has 0 spiro atoms. The monoisotopic (exact) mass is 185 g/mol. The normalized spacial score (nSPS) is 10.0. The van der Waals surface area contributed by atoms with E-state index in [4.69, 9.17) is 15.2 Å². The Morgan fingerprint density at radius 1 is 1.38 bits per heavy atom. The number of ether oxygens (including phenoxy) is 2. The number of anilines is 1. The highest BCUT2D eigenvalue weighted by Gasteiger charge is 2.04. The maximum absolute atomic E-state index is 12.9. The van der Waals surface area contributed by atoms with Gasteiger partial charge in [-0.25, -0.2) is 4.39 Å². The zero-order valence-corrected chi connectivity index (χ0v) is 7.42. The standard InChI is InChI=1S/C9H12FNO2/c1-12-5-6-13-8-4-2-3-7(10)9(8)11/h2-4H,5-6,11H2,1H3. The molecule has 0 saturated carbocycles. The maximum atomic E-state index is 12.9. The lowest BCUT2D eigenvalue weighted by molar-refractivity contribution is 0.146. The van der Waals surface area contributed by atoms with E-state index in [0.717, 1.165) is 0 Å². The van der Waals surface area contributed by atoms with Gasteiger partial charge in [-0.2, -0.15) is 0 Å². The lowest BCUT2D eigenvalue weighted by Crippen LogP contribution is -2.06. The summed E-state index contributed by atoms with van der Waals surface area (Å²) >= 11 is 0. The van der Waals surface area contributed by atoms with Crippen LogP contribution in [0.15, 0.2) is 18.2 Å². The van der Waals surface area contributed by atoms with Crippen LogP contribution in [0.1, 0.15) is 0 Å². The first-order chi connectivity index (χ1) is 6.25. The Bertz CT molecular complexity index is 278. The number of para-hydroxylation sites is 1. The van der Waals surface area contributed by atoms with Crippen molar-refractivity contribution in [3.8, 4) is 5.75 Å². The summed E-state index contributed by atoms with van der Waals surface area (Å²) in [6.45, 7) is 0.820. The van der Waals surface area contributed by atoms with Crippen LogP contribution in [-0.4, -0.2) is 20.3 Å². The van der Waals surface area contributed by atoms with Crippen molar-refractivity contribution in [1.82, 2.24) is 0 Å². The zero-order chi connectivity index (χ0) is 9.68. The molecule has 0 aliphatic heterocycles. The van der Waals surface area contributed by atoms with Gasteiger partial charge in [-0.3, -0.25) is 0 Å². The predicted octanol–water partition coefficient (Wildman–Crippen LogP) is 1.43. The molecular weight excluding hydrogens is 173 g/mol. The fourth-order valence-electron chi connectivity index (χ4n) is 0.878. The molecule has 13 heavy (non-hydrogen) atoms. The van der Waals surface area contributed by atoms with E-state index in [1.54, 1.807) is 19.2 Å². The van der Waals surface area contributed by atoms with Crippen LogP contribution < -0.4 is 10.5 Å². The van der Waals surface area contributed by atoms with Crippen LogP contribution in [0.25, 0.3) is 0 Å². The van der Waals surface area contributed by atoms with Crippen LogP contribution in [-0.2, 0) is 4.74 Å². The molecule has 0 aromatic heterocycles. The summed E-state index contributed by atoms with van der Waals surface area (Å²) in [4.78, 5) is 0. The molecule has 0 radical (unpaired) electrons. The zero-order valence-electron chi connectivity index (χ0n) is 7.42. The lowest BCUT2D eigenvalue weighted by atomic mass is 10.3. The molecule has 72 valence electrons. The third-order valence-electron chi connectivity index (χ3n) is 1.56. The van der Waals surface area contributed by atoms with Crippen molar-refractivity contribution in [3.05, 3.63) is 24.0 Å². The molecule has 0 atom stereocenters. The van der Waals surface area contributed by atoms with Gasteiger partial charge in [0.1, 0.15) is 23.9 Å². The van der Waals surface area contributed by atoms with Crippen molar-refractivity contribution in [3.63, 3.8) is 0 Å². The van der Waals surface area contributed by atoms with Crippen LogP contribution in [0.5, 0.6) is 5.75 Å². The summed E-state index contributed by atoms with van der Waals surface area (Å²) < 4.78 is 22.8. The average molecular weight is 185 g/mol. The maximum Gasteiger partial charge on any atom is 0.149 e. The number of methoxy groups -OCH3 is 1. The predicted molar refractivity (Wildman–Crippen MR) is 48.2 cm³/mol. The number of hydrogen-bond acceptors (Lipinski definition) is 3. The number of halogens is 1. The van der Waals surface area contributed by atoms with Gasteiger partial charge < -0.3 is 15.2 Å². The molecule has 2 N–H and O–H groups in total. The van der Waals surface area contributed by atoms with Crippen molar-refractivity contribution < 1.29 is 13.9 Å². The highest BCUT2D eigenvalue weighted by Crippen LogP contribution is 2.23. The highest BCUT2D eigenvalue weighted by molar-refractivity contribution is 5.53. The number of benzene rings is 1. The second kappa shape index (κ2) is 4.67. The van der Waals surface area contributed by atoms with Gasteiger partial charge in [0.05, 0.1) is 6.61 Å². The highest BCUT2D eigenvalue weighted by atomic mass is 19.1. The molecule has 0 fully saturated rings. The smallest absolute Gasteiger partial charge is 0.149 e. The number of nitrogens with two attached hydrogens (primary N) is 1. The number of hydrogen-bond donors (Lipinski definition) is 1. The first kappa shape index (κ1) is 9.80. The Balaban J connectivity index is 2.61. The molecule has 0 amide bonds. The Kier molecular flexibility index (Phi) is 3.52. The molecule has 0 saturated heterocycles. The summed E-state index contributed by atoms with van der Waals surface area (Å²) in [7, 11) is 1.57. The molecule has 1 aromatic carbocycles. The minimum absolute atomic E-state index is 0.0404. The third-order valence-corrected chi connectivity index (χ3v) is 1.56. The van der Waals surface area contributed by atoms with Crippen molar-refractivity contribution in [2.75, 3.05) is 26.1 Å². The minimum atomic E-state index is -0.463. The first-order valence-corrected chi connectivity index (χ1v) is 3.91. The van der Waals surface area contributed by atoms with E-state index in [-0.39, 0.29) is 5.69 Å². The Hall–Kier alpha value is -1.29. The fraction of sp³-hybridized carbons (Fsp3) is 0.333. The largest absolute Gasteiger partial charge is 0.489 e. The van der Waals surface area contributed by atoms with Gasteiger partial charge in [0.2, 0.25) is 0 Å². The van der Waals surface area contributed by atoms with Gasteiger partial charge in [-0.05, 0) is 12.1 Å². The lowest BCUT2D eigenvalue weighted by Gasteiger charge is -2.07. The quantitative estimate of drug-likeness (QED) is 0.570. The Morgan fingerprint density at radius 3 is 2.85 bits per heavy atom. The minimum Gasteiger partial charge on any atom is -0.489 e. The van der Waals surface area contributed by atoms with E-state index in [9.17, 15) is 4.39 Å². The molecule has 0 bridgehead atoms. The SMILES string of the molecule is COCCOc1cccc(F)c1N. The van der Waals surface area contributed by atoms with Crippen molar-refractivity contribution in [1.29, 1.82) is 0 Å².